The van der Waals surface area contributed by atoms with Gasteiger partial charge in [-0.05, 0) is 24.3 Å². The lowest BCUT2D eigenvalue weighted by atomic mass is 10.2. The standard InChI is InChI=1S/C18H14ClN3O7/c1-26-14-6-3-10(7-15(14)27-2)17-20-16(29-21-17)9-28-18(23)12-5-4-11(22(24)25)8-13(12)19/h3-8H,9H2,1-2H3. The van der Waals surface area contributed by atoms with Gasteiger partial charge in [-0.15, -0.1) is 0 Å². The Morgan fingerprint density at radius 2 is 1.93 bits per heavy atom. The molecule has 0 saturated heterocycles. The second-order valence-corrected chi connectivity index (χ2v) is 5.99. The topological polar surface area (TPSA) is 127 Å². The molecule has 0 amide bonds. The number of nitrogens with zero attached hydrogens (tertiary/aromatic N) is 3. The summed E-state index contributed by atoms with van der Waals surface area (Å²) in [4.78, 5) is 26.4. The van der Waals surface area contributed by atoms with Gasteiger partial charge in [0.25, 0.3) is 11.6 Å². The van der Waals surface area contributed by atoms with Gasteiger partial charge in [0, 0.05) is 17.7 Å². The van der Waals surface area contributed by atoms with E-state index in [9.17, 15) is 14.9 Å². The van der Waals surface area contributed by atoms with Crippen LogP contribution in [0.1, 0.15) is 16.2 Å². The number of methoxy groups -OCH3 is 2. The predicted molar refractivity (Wildman–Crippen MR) is 100 cm³/mol. The first-order valence-corrected chi connectivity index (χ1v) is 8.46. The summed E-state index contributed by atoms with van der Waals surface area (Å²) in [6, 6.07) is 8.53. The summed E-state index contributed by atoms with van der Waals surface area (Å²) in [5.41, 5.74) is 0.363. The molecule has 1 aromatic heterocycles. The number of non-ortho nitro benzene ring substituents is 1. The van der Waals surface area contributed by atoms with Crippen LogP contribution in [-0.4, -0.2) is 35.3 Å². The van der Waals surface area contributed by atoms with Crippen LogP contribution < -0.4 is 9.47 Å². The van der Waals surface area contributed by atoms with Gasteiger partial charge in [-0.3, -0.25) is 10.1 Å². The van der Waals surface area contributed by atoms with Gasteiger partial charge >= 0.3 is 5.97 Å². The van der Waals surface area contributed by atoms with Crippen molar-refractivity contribution >= 4 is 23.3 Å². The molecular formula is C18H14ClN3O7. The molecule has 150 valence electrons. The fourth-order valence-electron chi connectivity index (χ4n) is 2.39. The van der Waals surface area contributed by atoms with Crippen LogP contribution in [0, 0.1) is 10.1 Å². The zero-order valence-corrected chi connectivity index (χ0v) is 16.0. The molecule has 29 heavy (non-hydrogen) atoms. The van der Waals surface area contributed by atoms with Crippen molar-refractivity contribution in [3.63, 3.8) is 0 Å². The summed E-state index contributed by atoms with van der Waals surface area (Å²) in [6.45, 7) is -0.299. The zero-order chi connectivity index (χ0) is 21.0. The van der Waals surface area contributed by atoms with Crippen LogP contribution in [-0.2, 0) is 11.3 Å². The van der Waals surface area contributed by atoms with E-state index in [0.29, 0.717) is 17.1 Å². The first-order valence-electron chi connectivity index (χ1n) is 8.09. The molecule has 0 spiro atoms. The van der Waals surface area contributed by atoms with Crippen molar-refractivity contribution in [1.82, 2.24) is 10.1 Å². The quantitative estimate of drug-likeness (QED) is 0.320. The van der Waals surface area contributed by atoms with Gasteiger partial charge in [-0.2, -0.15) is 4.98 Å². The Kier molecular flexibility index (Phi) is 5.93. The Hall–Kier alpha value is -3.66. The van der Waals surface area contributed by atoms with Gasteiger partial charge in [-0.1, -0.05) is 16.8 Å². The lowest BCUT2D eigenvalue weighted by molar-refractivity contribution is -0.384. The van der Waals surface area contributed by atoms with Crippen LogP contribution in [0.25, 0.3) is 11.4 Å². The molecule has 2 aromatic carbocycles. The largest absolute Gasteiger partial charge is 0.493 e. The summed E-state index contributed by atoms with van der Waals surface area (Å²) in [5, 5.41) is 14.5. The van der Waals surface area contributed by atoms with Crippen molar-refractivity contribution in [3.05, 3.63) is 63.0 Å². The van der Waals surface area contributed by atoms with Gasteiger partial charge < -0.3 is 18.7 Å². The lowest BCUT2D eigenvalue weighted by Gasteiger charge is -2.07. The fourth-order valence-corrected chi connectivity index (χ4v) is 2.65. The molecular weight excluding hydrogens is 406 g/mol. The van der Waals surface area contributed by atoms with Crippen molar-refractivity contribution in [1.29, 1.82) is 0 Å². The van der Waals surface area contributed by atoms with E-state index in [2.05, 4.69) is 10.1 Å². The highest BCUT2D eigenvalue weighted by atomic mass is 35.5. The van der Waals surface area contributed by atoms with Crippen LogP contribution in [0.5, 0.6) is 11.5 Å². The molecule has 0 aliphatic heterocycles. The third-order valence-electron chi connectivity index (χ3n) is 3.82. The molecule has 0 atom stereocenters. The van der Waals surface area contributed by atoms with Gasteiger partial charge in [0.05, 0.1) is 29.7 Å². The first-order chi connectivity index (χ1) is 13.9. The number of halogens is 1. The predicted octanol–water partition coefficient (Wildman–Crippen LogP) is 3.67. The Bertz CT molecular complexity index is 1070. The average molecular weight is 420 g/mol. The Balaban J connectivity index is 1.69. The Morgan fingerprint density at radius 1 is 1.17 bits per heavy atom. The van der Waals surface area contributed by atoms with Gasteiger partial charge in [0.1, 0.15) is 0 Å². The molecule has 0 fully saturated rings. The van der Waals surface area contributed by atoms with Gasteiger partial charge in [0.2, 0.25) is 5.82 Å². The van der Waals surface area contributed by atoms with E-state index in [1.807, 2.05) is 0 Å². The monoisotopic (exact) mass is 419 g/mol. The fraction of sp³-hybridized carbons (Fsp3) is 0.167. The maximum atomic E-state index is 12.2. The Morgan fingerprint density at radius 3 is 2.59 bits per heavy atom. The second-order valence-electron chi connectivity index (χ2n) is 5.58. The van der Waals surface area contributed by atoms with Crippen LogP contribution in [0.15, 0.2) is 40.9 Å². The highest BCUT2D eigenvalue weighted by Gasteiger charge is 2.18. The van der Waals surface area contributed by atoms with E-state index in [0.717, 1.165) is 12.1 Å². The van der Waals surface area contributed by atoms with Crippen molar-refractivity contribution in [2.24, 2.45) is 0 Å². The summed E-state index contributed by atoms with van der Waals surface area (Å²) in [7, 11) is 3.03. The molecule has 0 aliphatic rings. The van der Waals surface area contributed by atoms with Gasteiger partial charge in [-0.25, -0.2) is 4.79 Å². The molecule has 0 radical (unpaired) electrons. The van der Waals surface area contributed by atoms with Crippen molar-refractivity contribution in [2.45, 2.75) is 6.61 Å². The van der Waals surface area contributed by atoms with Crippen molar-refractivity contribution < 1.29 is 28.5 Å². The maximum Gasteiger partial charge on any atom is 0.340 e. The summed E-state index contributed by atoms with van der Waals surface area (Å²) in [5.74, 6) is 0.590. The third-order valence-corrected chi connectivity index (χ3v) is 4.13. The van der Waals surface area contributed by atoms with Crippen molar-refractivity contribution in [2.75, 3.05) is 14.2 Å². The molecule has 0 bridgehead atoms. The molecule has 10 nitrogen and oxygen atoms in total. The maximum absolute atomic E-state index is 12.2. The summed E-state index contributed by atoms with van der Waals surface area (Å²) < 4.78 is 20.6. The lowest BCUT2D eigenvalue weighted by Crippen LogP contribution is -2.06. The minimum absolute atomic E-state index is 0.0168. The number of nitro benzene ring substituents is 1. The number of benzene rings is 2. The number of esters is 1. The first kappa shape index (κ1) is 20.1. The van der Waals surface area contributed by atoms with E-state index in [1.165, 1.54) is 20.3 Å². The number of aromatic nitrogens is 2. The minimum atomic E-state index is -0.782. The van der Waals surface area contributed by atoms with Gasteiger partial charge in [0.15, 0.2) is 18.1 Å². The normalized spacial score (nSPS) is 10.4. The number of hydrogen-bond acceptors (Lipinski definition) is 9. The number of rotatable bonds is 7. The van der Waals surface area contributed by atoms with Crippen LogP contribution in [0.4, 0.5) is 5.69 Å². The van der Waals surface area contributed by atoms with E-state index < -0.39 is 10.9 Å². The number of ether oxygens (including phenoxy) is 3. The molecule has 3 rings (SSSR count). The summed E-state index contributed by atoms with van der Waals surface area (Å²) >= 11 is 5.91. The highest BCUT2D eigenvalue weighted by Crippen LogP contribution is 2.31. The molecule has 0 N–H and O–H groups in total. The highest BCUT2D eigenvalue weighted by molar-refractivity contribution is 6.33. The van der Waals surface area contributed by atoms with E-state index in [4.69, 9.17) is 30.3 Å². The number of nitro groups is 1. The molecule has 0 unspecified atom stereocenters. The molecule has 0 aliphatic carbocycles. The van der Waals surface area contributed by atoms with Crippen LogP contribution in [0.2, 0.25) is 5.02 Å². The number of carbonyl (C=O) groups excluding carboxylic acids is 1. The Labute approximate surface area is 169 Å². The van der Waals surface area contributed by atoms with Crippen LogP contribution >= 0.6 is 11.6 Å². The van der Waals surface area contributed by atoms with E-state index in [-0.39, 0.29) is 34.6 Å². The molecule has 0 saturated carbocycles. The molecule has 11 heteroatoms. The smallest absolute Gasteiger partial charge is 0.340 e. The number of hydrogen-bond donors (Lipinski definition) is 0. The SMILES string of the molecule is COc1ccc(-c2noc(COC(=O)c3ccc([N+](=O)[O-])cc3Cl)n2)cc1OC. The number of carbonyl (C=O) groups is 1. The van der Waals surface area contributed by atoms with Crippen molar-refractivity contribution in [3.8, 4) is 22.9 Å². The molecule has 1 heterocycles. The van der Waals surface area contributed by atoms with E-state index in [1.54, 1.807) is 18.2 Å². The average Bonchev–Trinajstić information content (AvgIpc) is 3.20. The second kappa shape index (κ2) is 8.57. The zero-order valence-electron chi connectivity index (χ0n) is 15.2. The van der Waals surface area contributed by atoms with E-state index >= 15 is 0 Å². The summed E-state index contributed by atoms with van der Waals surface area (Å²) in [6.07, 6.45) is 0. The minimum Gasteiger partial charge on any atom is -0.493 e. The molecule has 3 aromatic rings. The third kappa shape index (κ3) is 4.43. The van der Waals surface area contributed by atoms with Crippen LogP contribution in [0.3, 0.4) is 0 Å².